The van der Waals surface area contributed by atoms with Crippen molar-refractivity contribution in [3.8, 4) is 0 Å². The Morgan fingerprint density at radius 2 is 2.05 bits per heavy atom. The van der Waals surface area contributed by atoms with Crippen molar-refractivity contribution in [3.05, 3.63) is 35.4 Å². The second-order valence-corrected chi connectivity index (χ2v) is 5.64. The third-order valence-corrected chi connectivity index (χ3v) is 3.94. The molecule has 104 valence electrons. The van der Waals surface area contributed by atoms with E-state index in [0.29, 0.717) is 6.04 Å². The van der Waals surface area contributed by atoms with Gasteiger partial charge in [-0.15, -0.1) is 0 Å². The van der Waals surface area contributed by atoms with Gasteiger partial charge in [-0.25, -0.2) is 0 Å². The molecule has 1 fully saturated rings. The normalized spacial score (nSPS) is 23.1. The molecular formula is C16H24N2O. The van der Waals surface area contributed by atoms with E-state index < -0.39 is 0 Å². The molecule has 0 atom stereocenters. The van der Waals surface area contributed by atoms with E-state index >= 15 is 0 Å². The third-order valence-electron chi connectivity index (χ3n) is 3.94. The van der Waals surface area contributed by atoms with Crippen LogP contribution in [0.4, 0.5) is 0 Å². The standard InChI is InChI=1S/C16H24N2O/c1-12-3-2-4-13(11-12)9-10-18-16(19)14-5-7-15(17)8-6-14/h2-4,11,14-15H,5-10,17H2,1H3,(H,18,19). The Morgan fingerprint density at radius 1 is 1.32 bits per heavy atom. The van der Waals surface area contributed by atoms with Gasteiger partial charge < -0.3 is 11.1 Å². The Labute approximate surface area is 115 Å². The number of rotatable bonds is 4. The summed E-state index contributed by atoms with van der Waals surface area (Å²) < 4.78 is 0. The maximum absolute atomic E-state index is 12.0. The zero-order chi connectivity index (χ0) is 13.7. The largest absolute Gasteiger partial charge is 0.356 e. The number of nitrogens with two attached hydrogens (primary N) is 1. The maximum Gasteiger partial charge on any atom is 0.223 e. The van der Waals surface area contributed by atoms with Gasteiger partial charge in [0.1, 0.15) is 0 Å². The average Bonchev–Trinajstić information content (AvgIpc) is 2.39. The second kappa shape index (κ2) is 6.71. The molecule has 3 nitrogen and oxygen atoms in total. The molecule has 0 radical (unpaired) electrons. The van der Waals surface area contributed by atoms with Crippen molar-refractivity contribution in [1.82, 2.24) is 5.32 Å². The zero-order valence-electron chi connectivity index (χ0n) is 11.7. The molecule has 0 spiro atoms. The maximum atomic E-state index is 12.0. The van der Waals surface area contributed by atoms with Crippen LogP contribution in [0.2, 0.25) is 0 Å². The summed E-state index contributed by atoms with van der Waals surface area (Å²) in [4.78, 5) is 12.0. The van der Waals surface area contributed by atoms with Gasteiger partial charge in [-0.05, 0) is 44.6 Å². The molecule has 1 aromatic carbocycles. The smallest absolute Gasteiger partial charge is 0.223 e. The van der Waals surface area contributed by atoms with Crippen molar-refractivity contribution in [2.75, 3.05) is 6.54 Å². The number of benzene rings is 1. The van der Waals surface area contributed by atoms with Crippen molar-refractivity contribution in [1.29, 1.82) is 0 Å². The van der Waals surface area contributed by atoms with Crippen molar-refractivity contribution >= 4 is 5.91 Å². The Kier molecular flexibility index (Phi) is 4.97. The van der Waals surface area contributed by atoms with Crippen LogP contribution in [0.5, 0.6) is 0 Å². The molecule has 0 bridgehead atoms. The minimum atomic E-state index is 0.178. The van der Waals surface area contributed by atoms with Crippen LogP contribution in [0.1, 0.15) is 36.8 Å². The Balaban J connectivity index is 1.72. The number of aryl methyl sites for hydroxylation is 1. The predicted molar refractivity (Wildman–Crippen MR) is 77.8 cm³/mol. The lowest BCUT2D eigenvalue weighted by Crippen LogP contribution is -2.37. The van der Waals surface area contributed by atoms with Crippen LogP contribution in [0.25, 0.3) is 0 Å². The summed E-state index contributed by atoms with van der Waals surface area (Å²) in [6.07, 6.45) is 4.75. The second-order valence-electron chi connectivity index (χ2n) is 5.64. The van der Waals surface area contributed by atoms with Crippen LogP contribution in [0.15, 0.2) is 24.3 Å². The molecule has 1 saturated carbocycles. The first-order chi connectivity index (χ1) is 9.15. The molecule has 1 amide bonds. The summed E-state index contributed by atoms with van der Waals surface area (Å²) >= 11 is 0. The highest BCUT2D eigenvalue weighted by atomic mass is 16.1. The summed E-state index contributed by atoms with van der Waals surface area (Å²) in [6.45, 7) is 2.82. The highest BCUT2D eigenvalue weighted by Gasteiger charge is 2.23. The lowest BCUT2D eigenvalue weighted by atomic mass is 9.86. The van der Waals surface area contributed by atoms with Gasteiger partial charge in [-0.2, -0.15) is 0 Å². The molecule has 0 heterocycles. The van der Waals surface area contributed by atoms with Crippen LogP contribution in [-0.4, -0.2) is 18.5 Å². The van der Waals surface area contributed by atoms with Crippen molar-refractivity contribution < 1.29 is 4.79 Å². The van der Waals surface area contributed by atoms with E-state index in [4.69, 9.17) is 5.73 Å². The molecule has 3 heteroatoms. The van der Waals surface area contributed by atoms with Crippen molar-refractivity contribution in [3.63, 3.8) is 0 Å². The van der Waals surface area contributed by atoms with Crippen LogP contribution in [-0.2, 0) is 11.2 Å². The van der Waals surface area contributed by atoms with Gasteiger partial charge in [0.05, 0.1) is 0 Å². The molecule has 3 N–H and O–H groups in total. The lowest BCUT2D eigenvalue weighted by molar-refractivity contribution is -0.125. The first kappa shape index (κ1) is 14.1. The third kappa shape index (κ3) is 4.35. The van der Waals surface area contributed by atoms with Crippen LogP contribution < -0.4 is 11.1 Å². The summed E-state index contributed by atoms with van der Waals surface area (Å²) in [7, 11) is 0. The van der Waals surface area contributed by atoms with Gasteiger partial charge in [-0.3, -0.25) is 4.79 Å². The van der Waals surface area contributed by atoms with Gasteiger partial charge in [-0.1, -0.05) is 29.8 Å². The quantitative estimate of drug-likeness (QED) is 0.871. The monoisotopic (exact) mass is 260 g/mol. The Hall–Kier alpha value is -1.35. The highest BCUT2D eigenvalue weighted by Crippen LogP contribution is 2.23. The summed E-state index contributed by atoms with van der Waals surface area (Å²) in [5.41, 5.74) is 8.41. The Bertz CT molecular complexity index is 423. The predicted octanol–water partition coefficient (Wildman–Crippen LogP) is 2.17. The minimum absolute atomic E-state index is 0.178. The van der Waals surface area contributed by atoms with E-state index in [1.165, 1.54) is 11.1 Å². The van der Waals surface area contributed by atoms with Crippen molar-refractivity contribution in [2.24, 2.45) is 11.7 Å². The first-order valence-corrected chi connectivity index (χ1v) is 7.24. The molecule has 0 aliphatic heterocycles. The number of amides is 1. The van der Waals surface area contributed by atoms with E-state index in [1.807, 2.05) is 0 Å². The molecule has 19 heavy (non-hydrogen) atoms. The molecule has 1 aliphatic carbocycles. The average molecular weight is 260 g/mol. The molecule has 2 rings (SSSR count). The van der Waals surface area contributed by atoms with Gasteiger partial charge in [0.15, 0.2) is 0 Å². The van der Waals surface area contributed by atoms with Gasteiger partial charge >= 0.3 is 0 Å². The molecule has 0 unspecified atom stereocenters. The van der Waals surface area contributed by atoms with Crippen molar-refractivity contribution in [2.45, 2.75) is 45.1 Å². The van der Waals surface area contributed by atoms with Gasteiger partial charge in [0.25, 0.3) is 0 Å². The van der Waals surface area contributed by atoms with Gasteiger partial charge in [0.2, 0.25) is 5.91 Å². The minimum Gasteiger partial charge on any atom is -0.356 e. The van der Waals surface area contributed by atoms with E-state index in [-0.39, 0.29) is 11.8 Å². The van der Waals surface area contributed by atoms with Crippen LogP contribution >= 0.6 is 0 Å². The SMILES string of the molecule is Cc1cccc(CCNC(=O)C2CCC(N)CC2)c1. The summed E-state index contributed by atoms with van der Waals surface area (Å²) in [6, 6.07) is 8.74. The fraction of sp³-hybridized carbons (Fsp3) is 0.562. The molecule has 1 aromatic rings. The number of nitrogens with one attached hydrogen (secondary N) is 1. The highest BCUT2D eigenvalue weighted by molar-refractivity contribution is 5.78. The summed E-state index contributed by atoms with van der Waals surface area (Å²) in [5, 5.41) is 3.06. The fourth-order valence-corrected chi connectivity index (χ4v) is 2.72. The molecule has 0 aromatic heterocycles. The molecular weight excluding hydrogens is 236 g/mol. The molecule has 1 aliphatic rings. The number of carbonyl (C=O) groups is 1. The van der Waals surface area contributed by atoms with Gasteiger partial charge in [0, 0.05) is 18.5 Å². The first-order valence-electron chi connectivity index (χ1n) is 7.24. The van der Waals surface area contributed by atoms with E-state index in [9.17, 15) is 4.79 Å². The van der Waals surface area contributed by atoms with Crippen LogP contribution in [0.3, 0.4) is 0 Å². The Morgan fingerprint density at radius 3 is 2.74 bits per heavy atom. The number of hydrogen-bond acceptors (Lipinski definition) is 2. The molecule has 0 saturated heterocycles. The van der Waals surface area contributed by atoms with E-state index in [2.05, 4.69) is 36.5 Å². The fourth-order valence-electron chi connectivity index (χ4n) is 2.72. The topological polar surface area (TPSA) is 55.1 Å². The number of carbonyl (C=O) groups excluding carboxylic acids is 1. The van der Waals surface area contributed by atoms with E-state index in [1.54, 1.807) is 0 Å². The van der Waals surface area contributed by atoms with E-state index in [0.717, 1.165) is 38.6 Å². The van der Waals surface area contributed by atoms with Crippen LogP contribution in [0, 0.1) is 12.8 Å². The lowest BCUT2D eigenvalue weighted by Gasteiger charge is -2.25. The number of hydrogen-bond donors (Lipinski definition) is 2. The zero-order valence-corrected chi connectivity index (χ0v) is 11.7. The summed E-state index contributed by atoms with van der Waals surface area (Å²) in [5.74, 6) is 0.386.